The first kappa shape index (κ1) is 12.5. The molecular weight excluding hydrogens is 302 g/mol. The topological polar surface area (TPSA) is 35.8 Å². The molecule has 18 heavy (non-hydrogen) atoms. The van der Waals surface area contributed by atoms with Crippen molar-refractivity contribution < 1.29 is 8.78 Å². The van der Waals surface area contributed by atoms with Crippen molar-refractivity contribution in [2.24, 2.45) is 0 Å². The quantitative estimate of drug-likeness (QED) is 0.895. The molecule has 5 heteroatoms. The molecule has 0 aliphatic heterocycles. The largest absolute Gasteiger partial charge is 0.352 e. The van der Waals surface area contributed by atoms with E-state index in [4.69, 9.17) is 5.26 Å². The first-order valence-corrected chi connectivity index (χ1v) is 5.82. The predicted molar refractivity (Wildman–Crippen MR) is 68.5 cm³/mol. The Hall–Kier alpha value is -1.93. The Balaban J connectivity index is 2.41. The number of nitrogens with zero attached hydrogens (tertiary/aromatic N) is 1. The number of nitrogens with one attached hydrogen (secondary N) is 1. The van der Waals surface area contributed by atoms with Crippen LogP contribution in [0.2, 0.25) is 0 Å². The standard InChI is InChI=1S/C13H7BrF2N2/c14-8-4-5-13(11(16)6-8)18-12-3-1-2-10(15)9(12)7-17/h1-6,18H. The van der Waals surface area contributed by atoms with Gasteiger partial charge in [-0.25, -0.2) is 8.78 Å². The lowest BCUT2D eigenvalue weighted by molar-refractivity contribution is 0.623. The van der Waals surface area contributed by atoms with Crippen LogP contribution in [0.15, 0.2) is 40.9 Å². The monoisotopic (exact) mass is 308 g/mol. The summed E-state index contributed by atoms with van der Waals surface area (Å²) in [6.07, 6.45) is 0. The van der Waals surface area contributed by atoms with E-state index in [1.807, 2.05) is 0 Å². The van der Waals surface area contributed by atoms with Crippen molar-refractivity contribution >= 4 is 27.3 Å². The first-order valence-electron chi connectivity index (χ1n) is 5.02. The average Bonchev–Trinajstić information content (AvgIpc) is 2.33. The lowest BCUT2D eigenvalue weighted by Crippen LogP contribution is -1.98. The van der Waals surface area contributed by atoms with Gasteiger partial charge in [0.05, 0.1) is 11.4 Å². The second kappa shape index (κ2) is 5.15. The Morgan fingerprint density at radius 1 is 1.06 bits per heavy atom. The molecule has 0 unspecified atom stereocenters. The van der Waals surface area contributed by atoms with Gasteiger partial charge < -0.3 is 5.32 Å². The molecule has 0 saturated heterocycles. The number of nitriles is 1. The molecule has 0 radical (unpaired) electrons. The van der Waals surface area contributed by atoms with Crippen LogP contribution >= 0.6 is 15.9 Å². The van der Waals surface area contributed by atoms with Gasteiger partial charge in [0.25, 0.3) is 0 Å². The summed E-state index contributed by atoms with van der Waals surface area (Å²) in [5, 5.41) is 11.6. The van der Waals surface area contributed by atoms with Crippen molar-refractivity contribution in [1.29, 1.82) is 5.26 Å². The highest BCUT2D eigenvalue weighted by Crippen LogP contribution is 2.26. The van der Waals surface area contributed by atoms with E-state index in [9.17, 15) is 8.78 Å². The summed E-state index contributed by atoms with van der Waals surface area (Å²) in [7, 11) is 0. The fourth-order valence-electron chi connectivity index (χ4n) is 1.48. The summed E-state index contributed by atoms with van der Waals surface area (Å²) in [4.78, 5) is 0. The van der Waals surface area contributed by atoms with Gasteiger partial charge in [-0.05, 0) is 30.3 Å². The third kappa shape index (κ3) is 2.49. The van der Waals surface area contributed by atoms with Gasteiger partial charge in [-0.15, -0.1) is 0 Å². The molecule has 2 nitrogen and oxygen atoms in total. The maximum Gasteiger partial charge on any atom is 0.147 e. The van der Waals surface area contributed by atoms with Gasteiger partial charge in [-0.1, -0.05) is 22.0 Å². The number of anilines is 2. The third-order valence-corrected chi connectivity index (χ3v) is 2.82. The summed E-state index contributed by atoms with van der Waals surface area (Å²) in [6, 6.07) is 10.3. The molecule has 0 fully saturated rings. The number of hydrogen-bond acceptors (Lipinski definition) is 2. The fraction of sp³-hybridized carbons (Fsp3) is 0. The molecule has 0 atom stereocenters. The van der Waals surface area contributed by atoms with Crippen molar-refractivity contribution in [2.45, 2.75) is 0 Å². The minimum Gasteiger partial charge on any atom is -0.352 e. The Labute approximate surface area is 111 Å². The van der Waals surface area contributed by atoms with E-state index in [2.05, 4.69) is 21.2 Å². The molecule has 0 aliphatic carbocycles. The van der Waals surface area contributed by atoms with Crippen molar-refractivity contribution in [2.75, 3.05) is 5.32 Å². The number of halogens is 3. The van der Waals surface area contributed by atoms with E-state index in [1.165, 1.54) is 30.3 Å². The lowest BCUT2D eigenvalue weighted by atomic mass is 10.1. The van der Waals surface area contributed by atoms with E-state index >= 15 is 0 Å². The van der Waals surface area contributed by atoms with Gasteiger partial charge >= 0.3 is 0 Å². The molecule has 0 spiro atoms. The Morgan fingerprint density at radius 3 is 2.50 bits per heavy atom. The van der Waals surface area contributed by atoms with E-state index < -0.39 is 11.6 Å². The second-order valence-electron chi connectivity index (χ2n) is 3.52. The van der Waals surface area contributed by atoms with E-state index in [0.717, 1.165) is 0 Å². The van der Waals surface area contributed by atoms with E-state index in [-0.39, 0.29) is 16.9 Å². The minimum absolute atomic E-state index is 0.139. The van der Waals surface area contributed by atoms with E-state index in [1.54, 1.807) is 12.1 Å². The fourth-order valence-corrected chi connectivity index (χ4v) is 1.81. The highest BCUT2D eigenvalue weighted by molar-refractivity contribution is 9.10. The summed E-state index contributed by atoms with van der Waals surface area (Å²) in [6.45, 7) is 0. The normalized spacial score (nSPS) is 9.89. The molecule has 2 rings (SSSR count). The first-order chi connectivity index (χ1) is 8.61. The van der Waals surface area contributed by atoms with Gasteiger partial charge in [-0.2, -0.15) is 5.26 Å². The summed E-state index contributed by atoms with van der Waals surface area (Å²) in [5.41, 5.74) is 0.277. The van der Waals surface area contributed by atoms with Crippen molar-refractivity contribution in [3.63, 3.8) is 0 Å². The third-order valence-electron chi connectivity index (χ3n) is 2.33. The van der Waals surface area contributed by atoms with Crippen LogP contribution in [0.25, 0.3) is 0 Å². The average molecular weight is 309 g/mol. The highest BCUT2D eigenvalue weighted by Gasteiger charge is 2.10. The van der Waals surface area contributed by atoms with Gasteiger partial charge in [0.1, 0.15) is 23.3 Å². The molecule has 1 N–H and O–H groups in total. The summed E-state index contributed by atoms with van der Waals surface area (Å²) < 4.78 is 27.6. The molecule has 0 saturated carbocycles. The van der Waals surface area contributed by atoms with Crippen LogP contribution < -0.4 is 5.32 Å². The zero-order valence-corrected chi connectivity index (χ0v) is 10.6. The Morgan fingerprint density at radius 2 is 1.83 bits per heavy atom. The molecule has 0 aromatic heterocycles. The lowest BCUT2D eigenvalue weighted by Gasteiger charge is -2.09. The zero-order valence-electron chi connectivity index (χ0n) is 9.05. The summed E-state index contributed by atoms with van der Waals surface area (Å²) >= 11 is 3.14. The molecule has 0 bridgehead atoms. The smallest absolute Gasteiger partial charge is 0.147 e. The van der Waals surface area contributed by atoms with Crippen molar-refractivity contribution in [3.05, 3.63) is 58.1 Å². The number of hydrogen-bond donors (Lipinski definition) is 1. The number of rotatable bonds is 2. The second-order valence-corrected chi connectivity index (χ2v) is 4.44. The highest BCUT2D eigenvalue weighted by atomic mass is 79.9. The van der Waals surface area contributed by atoms with Gasteiger partial charge in [0.15, 0.2) is 0 Å². The van der Waals surface area contributed by atoms with E-state index in [0.29, 0.717) is 4.47 Å². The molecule has 0 heterocycles. The molecule has 2 aromatic rings. The van der Waals surface area contributed by atoms with Crippen LogP contribution in [-0.4, -0.2) is 0 Å². The predicted octanol–water partition coefficient (Wildman–Crippen LogP) is 4.34. The maximum atomic E-state index is 13.6. The summed E-state index contributed by atoms with van der Waals surface area (Å²) in [5.74, 6) is -1.13. The molecule has 0 amide bonds. The van der Waals surface area contributed by atoms with Crippen LogP contribution in [0, 0.1) is 23.0 Å². The van der Waals surface area contributed by atoms with Crippen LogP contribution in [0.1, 0.15) is 5.56 Å². The van der Waals surface area contributed by atoms with Crippen LogP contribution in [0.3, 0.4) is 0 Å². The maximum absolute atomic E-state index is 13.6. The molecule has 0 aliphatic rings. The van der Waals surface area contributed by atoms with Crippen LogP contribution in [0.4, 0.5) is 20.2 Å². The SMILES string of the molecule is N#Cc1c(F)cccc1Nc1ccc(Br)cc1F. The van der Waals surface area contributed by atoms with Gasteiger partial charge in [0, 0.05) is 4.47 Å². The molecule has 2 aromatic carbocycles. The Kier molecular flexibility index (Phi) is 3.58. The molecule has 90 valence electrons. The van der Waals surface area contributed by atoms with Crippen LogP contribution in [0.5, 0.6) is 0 Å². The number of benzene rings is 2. The minimum atomic E-state index is -0.639. The molecular formula is C13H7BrF2N2. The van der Waals surface area contributed by atoms with Gasteiger partial charge in [0.2, 0.25) is 0 Å². The van der Waals surface area contributed by atoms with Gasteiger partial charge in [-0.3, -0.25) is 0 Å². The van der Waals surface area contributed by atoms with Crippen LogP contribution in [-0.2, 0) is 0 Å². The Bertz CT molecular complexity index is 635. The van der Waals surface area contributed by atoms with Crippen molar-refractivity contribution in [3.8, 4) is 6.07 Å². The van der Waals surface area contributed by atoms with Crippen molar-refractivity contribution in [1.82, 2.24) is 0 Å². The zero-order chi connectivity index (χ0) is 13.1.